The molecule has 0 bridgehead atoms. The highest BCUT2D eigenvalue weighted by Crippen LogP contribution is 2.29. The van der Waals surface area contributed by atoms with Gasteiger partial charge in [-0.15, -0.1) is 0 Å². The SMILES string of the molecule is CC[C@H](C)[C@@H](NC(=O)C1CCC1)c1nc2ccccc2[nH]1. The zero-order chi connectivity index (χ0) is 14.8. The molecule has 112 valence electrons. The fourth-order valence-corrected chi connectivity index (χ4v) is 2.78. The number of amides is 1. The number of imidazole rings is 1. The summed E-state index contributed by atoms with van der Waals surface area (Å²) in [5.41, 5.74) is 1.98. The number of carbonyl (C=O) groups excluding carboxylic acids is 1. The summed E-state index contributed by atoms with van der Waals surface area (Å²) >= 11 is 0. The van der Waals surface area contributed by atoms with Crippen LogP contribution in [0.5, 0.6) is 0 Å². The third kappa shape index (κ3) is 2.80. The van der Waals surface area contributed by atoms with Gasteiger partial charge in [0.1, 0.15) is 5.82 Å². The molecular weight excluding hydrogens is 262 g/mol. The van der Waals surface area contributed by atoms with Crippen molar-refractivity contribution in [1.29, 1.82) is 0 Å². The molecule has 3 rings (SSSR count). The number of nitrogens with zero attached hydrogens (tertiary/aromatic N) is 1. The molecule has 0 saturated heterocycles. The van der Waals surface area contributed by atoms with E-state index in [0.29, 0.717) is 5.92 Å². The lowest BCUT2D eigenvalue weighted by atomic mass is 9.84. The third-order valence-electron chi connectivity index (χ3n) is 4.69. The zero-order valence-corrected chi connectivity index (χ0v) is 12.7. The summed E-state index contributed by atoms with van der Waals surface area (Å²) in [6.07, 6.45) is 4.24. The lowest BCUT2D eigenvalue weighted by molar-refractivity contribution is -0.128. The summed E-state index contributed by atoms with van der Waals surface area (Å²) in [7, 11) is 0. The van der Waals surface area contributed by atoms with Crippen LogP contribution in [-0.4, -0.2) is 15.9 Å². The van der Waals surface area contributed by atoms with Crippen LogP contribution in [0.15, 0.2) is 24.3 Å². The minimum Gasteiger partial charge on any atom is -0.346 e. The maximum Gasteiger partial charge on any atom is 0.223 e. The molecule has 0 radical (unpaired) electrons. The van der Waals surface area contributed by atoms with Gasteiger partial charge < -0.3 is 10.3 Å². The van der Waals surface area contributed by atoms with Gasteiger partial charge in [0.15, 0.2) is 0 Å². The highest BCUT2D eigenvalue weighted by molar-refractivity contribution is 5.80. The molecule has 1 aliphatic rings. The Labute approximate surface area is 125 Å². The Morgan fingerprint density at radius 3 is 2.81 bits per heavy atom. The Balaban J connectivity index is 1.85. The first-order chi connectivity index (χ1) is 10.2. The number of nitrogens with one attached hydrogen (secondary N) is 2. The molecule has 0 spiro atoms. The second kappa shape index (κ2) is 5.88. The van der Waals surface area contributed by atoms with E-state index >= 15 is 0 Å². The molecule has 1 fully saturated rings. The molecule has 0 aliphatic heterocycles. The Hall–Kier alpha value is -1.84. The maximum atomic E-state index is 12.3. The van der Waals surface area contributed by atoms with Gasteiger partial charge in [0.2, 0.25) is 5.91 Å². The van der Waals surface area contributed by atoms with Crippen molar-refractivity contribution in [2.24, 2.45) is 11.8 Å². The molecule has 0 unspecified atom stereocenters. The second-order valence-corrected chi connectivity index (χ2v) is 6.14. The molecule has 4 nitrogen and oxygen atoms in total. The van der Waals surface area contributed by atoms with E-state index in [1.807, 2.05) is 24.3 Å². The lowest BCUT2D eigenvalue weighted by Crippen LogP contribution is -2.39. The van der Waals surface area contributed by atoms with Crippen LogP contribution in [0.4, 0.5) is 0 Å². The smallest absolute Gasteiger partial charge is 0.223 e. The molecule has 2 N–H and O–H groups in total. The first-order valence-corrected chi connectivity index (χ1v) is 7.94. The summed E-state index contributed by atoms with van der Waals surface area (Å²) in [6, 6.07) is 7.97. The number of carbonyl (C=O) groups is 1. The van der Waals surface area contributed by atoms with E-state index in [9.17, 15) is 4.79 Å². The van der Waals surface area contributed by atoms with Crippen molar-refractivity contribution in [2.45, 2.75) is 45.6 Å². The maximum absolute atomic E-state index is 12.3. The van der Waals surface area contributed by atoms with Crippen molar-refractivity contribution in [1.82, 2.24) is 15.3 Å². The van der Waals surface area contributed by atoms with E-state index in [1.165, 1.54) is 6.42 Å². The lowest BCUT2D eigenvalue weighted by Gasteiger charge is -2.29. The third-order valence-corrected chi connectivity index (χ3v) is 4.69. The number of fused-ring (bicyclic) bond motifs is 1. The van der Waals surface area contributed by atoms with Crippen LogP contribution in [0, 0.1) is 11.8 Å². The van der Waals surface area contributed by atoms with Crippen molar-refractivity contribution in [3.05, 3.63) is 30.1 Å². The van der Waals surface area contributed by atoms with Crippen molar-refractivity contribution in [3.63, 3.8) is 0 Å². The molecule has 4 heteroatoms. The highest BCUT2D eigenvalue weighted by Gasteiger charge is 2.30. The highest BCUT2D eigenvalue weighted by atomic mass is 16.2. The summed E-state index contributed by atoms with van der Waals surface area (Å²) < 4.78 is 0. The van der Waals surface area contributed by atoms with Gasteiger partial charge in [-0.05, 0) is 30.9 Å². The van der Waals surface area contributed by atoms with Crippen molar-refractivity contribution < 1.29 is 4.79 Å². The van der Waals surface area contributed by atoms with Crippen molar-refractivity contribution in [2.75, 3.05) is 0 Å². The number of aromatic amines is 1. The van der Waals surface area contributed by atoms with Crippen LogP contribution >= 0.6 is 0 Å². The Morgan fingerprint density at radius 1 is 1.43 bits per heavy atom. The molecule has 2 aromatic rings. The summed E-state index contributed by atoms with van der Waals surface area (Å²) in [4.78, 5) is 20.3. The predicted molar refractivity (Wildman–Crippen MR) is 83.8 cm³/mol. The minimum atomic E-state index is -0.0319. The van der Waals surface area contributed by atoms with E-state index in [-0.39, 0.29) is 17.9 Å². The van der Waals surface area contributed by atoms with Gasteiger partial charge in [-0.2, -0.15) is 0 Å². The van der Waals surface area contributed by atoms with Crippen LogP contribution in [0.25, 0.3) is 11.0 Å². The van der Waals surface area contributed by atoms with Gasteiger partial charge in [0, 0.05) is 5.92 Å². The average molecular weight is 285 g/mol. The predicted octanol–water partition coefficient (Wildman–Crippen LogP) is 3.57. The molecular formula is C17H23N3O. The number of H-pyrrole nitrogens is 1. The van der Waals surface area contributed by atoms with E-state index in [1.54, 1.807) is 0 Å². The average Bonchev–Trinajstić information content (AvgIpc) is 2.85. The van der Waals surface area contributed by atoms with Gasteiger partial charge in [-0.1, -0.05) is 38.8 Å². The van der Waals surface area contributed by atoms with Crippen LogP contribution in [0.3, 0.4) is 0 Å². The van der Waals surface area contributed by atoms with E-state index in [0.717, 1.165) is 36.1 Å². The first kappa shape index (κ1) is 14.1. The van der Waals surface area contributed by atoms with Gasteiger partial charge >= 0.3 is 0 Å². The molecule has 1 aliphatic carbocycles. The molecule has 1 aromatic heterocycles. The van der Waals surface area contributed by atoms with Crippen molar-refractivity contribution in [3.8, 4) is 0 Å². The van der Waals surface area contributed by atoms with Gasteiger partial charge in [0.25, 0.3) is 0 Å². The van der Waals surface area contributed by atoms with Gasteiger partial charge in [0.05, 0.1) is 17.1 Å². The quantitative estimate of drug-likeness (QED) is 0.882. The first-order valence-electron chi connectivity index (χ1n) is 7.94. The monoisotopic (exact) mass is 285 g/mol. The Kier molecular flexibility index (Phi) is 3.95. The number of aromatic nitrogens is 2. The fourth-order valence-electron chi connectivity index (χ4n) is 2.78. The summed E-state index contributed by atoms with van der Waals surface area (Å²) in [5.74, 6) is 1.63. The zero-order valence-electron chi connectivity index (χ0n) is 12.7. The number of benzene rings is 1. The Bertz CT molecular complexity index is 597. The number of hydrogen-bond donors (Lipinski definition) is 2. The van der Waals surface area contributed by atoms with Crippen LogP contribution in [0.1, 0.15) is 51.4 Å². The van der Waals surface area contributed by atoms with E-state index in [4.69, 9.17) is 0 Å². The summed E-state index contributed by atoms with van der Waals surface area (Å²) in [5, 5.41) is 3.21. The molecule has 21 heavy (non-hydrogen) atoms. The number of hydrogen-bond acceptors (Lipinski definition) is 2. The molecule has 1 amide bonds. The molecule has 1 saturated carbocycles. The van der Waals surface area contributed by atoms with Gasteiger partial charge in [-0.25, -0.2) is 4.98 Å². The second-order valence-electron chi connectivity index (χ2n) is 6.14. The van der Waals surface area contributed by atoms with E-state index < -0.39 is 0 Å². The van der Waals surface area contributed by atoms with Crippen LogP contribution in [0.2, 0.25) is 0 Å². The normalized spacial score (nSPS) is 18.2. The number of rotatable bonds is 5. The minimum absolute atomic E-state index is 0.0319. The standard InChI is InChI=1S/C17H23N3O/c1-3-11(2)15(20-17(21)12-7-6-8-12)16-18-13-9-4-5-10-14(13)19-16/h4-5,9-12,15H,3,6-8H2,1-2H3,(H,18,19)(H,20,21)/t11-,15+/m0/s1. The van der Waals surface area contributed by atoms with Crippen molar-refractivity contribution >= 4 is 16.9 Å². The molecule has 2 atom stereocenters. The Morgan fingerprint density at radius 2 is 2.19 bits per heavy atom. The summed E-state index contributed by atoms with van der Waals surface area (Å²) in [6.45, 7) is 4.31. The van der Waals surface area contributed by atoms with Gasteiger partial charge in [-0.3, -0.25) is 4.79 Å². The fraction of sp³-hybridized carbons (Fsp3) is 0.529. The topological polar surface area (TPSA) is 57.8 Å². The molecule has 1 aromatic carbocycles. The van der Waals surface area contributed by atoms with Crippen LogP contribution < -0.4 is 5.32 Å². The number of para-hydroxylation sites is 2. The largest absolute Gasteiger partial charge is 0.346 e. The van der Waals surface area contributed by atoms with E-state index in [2.05, 4.69) is 29.1 Å². The molecule has 1 heterocycles. The van der Waals surface area contributed by atoms with Crippen LogP contribution in [-0.2, 0) is 4.79 Å².